The fourth-order valence-corrected chi connectivity index (χ4v) is 4.18. The average Bonchev–Trinajstić information content (AvgIpc) is 3.13. The number of hydrogen-bond acceptors (Lipinski definition) is 9. The molecule has 3 atom stereocenters. The Hall–Kier alpha value is -1.26. The monoisotopic (exact) mass is 438 g/mol. The van der Waals surface area contributed by atoms with Crippen LogP contribution in [0.25, 0.3) is 0 Å². The maximum atomic E-state index is 12.6. The number of carbonyl (C=O) groups is 2. The molecule has 4 heterocycles. The van der Waals surface area contributed by atoms with Crippen molar-refractivity contribution in [2.24, 2.45) is 7.05 Å². The number of carbonyl (C=O) groups excluding carboxylic acids is 2. The summed E-state index contributed by atoms with van der Waals surface area (Å²) in [4.78, 5) is 31.6. The van der Waals surface area contributed by atoms with Crippen molar-refractivity contribution >= 4 is 22.3 Å². The molecule has 3 aliphatic rings. The van der Waals surface area contributed by atoms with Crippen LogP contribution in [-0.4, -0.2) is 69.8 Å². The van der Waals surface area contributed by atoms with Crippen LogP contribution >= 0.6 is 0 Å². The van der Waals surface area contributed by atoms with Crippen LogP contribution in [0.1, 0.15) is 30.2 Å². The van der Waals surface area contributed by atoms with E-state index in [4.69, 9.17) is 4.84 Å². The van der Waals surface area contributed by atoms with Crippen molar-refractivity contribution < 1.29 is 61.2 Å². The first-order chi connectivity index (χ1) is 13.2. The molecule has 3 aliphatic heterocycles. The second-order valence-corrected chi connectivity index (χ2v) is 7.83. The molecule has 2 bridgehead atoms. The summed E-state index contributed by atoms with van der Waals surface area (Å²) in [6.45, 7) is 1.21. The fourth-order valence-electron chi connectivity index (χ4n) is 3.80. The van der Waals surface area contributed by atoms with E-state index in [-0.39, 0.29) is 42.5 Å². The summed E-state index contributed by atoms with van der Waals surface area (Å²) in [5.41, 5.74) is 4.20. The third kappa shape index (κ3) is 4.44. The Balaban J connectivity index is 0.00000240. The number of urea groups is 1. The van der Waals surface area contributed by atoms with Gasteiger partial charge >= 0.3 is 35.6 Å². The van der Waals surface area contributed by atoms with Crippen LogP contribution in [0.3, 0.4) is 0 Å². The van der Waals surface area contributed by atoms with Crippen molar-refractivity contribution in [2.75, 3.05) is 13.1 Å². The Kier molecular flexibility index (Phi) is 6.55. The van der Waals surface area contributed by atoms with Crippen LogP contribution in [0.4, 0.5) is 4.79 Å². The number of piperidine rings is 1. The summed E-state index contributed by atoms with van der Waals surface area (Å²) in [5, 5.41) is 7.88. The largest absolute Gasteiger partial charge is 1.00 e. The summed E-state index contributed by atoms with van der Waals surface area (Å²) in [6, 6.07) is -2.28. The van der Waals surface area contributed by atoms with Gasteiger partial charge in [0.25, 0.3) is 5.91 Å². The number of hydrogen-bond donors (Lipinski definition) is 2. The minimum absolute atomic E-state index is 0. The standard InChI is InChI=1S/C14H20N6O7S.Na/c1-18-11-5-15-6-12(9(11)4-16-18)26-17-13(21)10-3-2-8-7-19(10)14(22)20(8)27-28(23,24)25;/h4,8,10,12,15H,2-3,5-7H2,1H3,(H,17,21)(H,23,24,25);/q;+1/p-1/t8-,10+,12?;/m1./s1. The van der Waals surface area contributed by atoms with Gasteiger partial charge in [-0.2, -0.15) is 14.4 Å². The third-order valence-electron chi connectivity index (χ3n) is 5.16. The van der Waals surface area contributed by atoms with Crippen molar-refractivity contribution in [3.8, 4) is 0 Å². The van der Waals surface area contributed by atoms with Gasteiger partial charge < -0.3 is 14.8 Å². The maximum absolute atomic E-state index is 12.6. The summed E-state index contributed by atoms with van der Waals surface area (Å²) < 4.78 is 38.4. The van der Waals surface area contributed by atoms with Crippen molar-refractivity contribution in [2.45, 2.75) is 37.6 Å². The van der Waals surface area contributed by atoms with E-state index in [0.717, 1.165) is 11.3 Å². The van der Waals surface area contributed by atoms with Gasteiger partial charge in [-0.15, -0.1) is 0 Å². The molecule has 15 heteroatoms. The predicted octanol–water partition coefficient (Wildman–Crippen LogP) is -4.72. The smallest absolute Gasteiger partial charge is 0.724 e. The normalized spacial score (nSPS) is 26.1. The number of aryl methyl sites for hydroxylation is 1. The maximum Gasteiger partial charge on any atom is 1.00 e. The number of fused-ring (bicyclic) bond motifs is 3. The van der Waals surface area contributed by atoms with E-state index >= 15 is 0 Å². The minimum atomic E-state index is -5.08. The summed E-state index contributed by atoms with van der Waals surface area (Å²) in [7, 11) is -3.27. The van der Waals surface area contributed by atoms with E-state index in [1.54, 1.807) is 10.9 Å². The van der Waals surface area contributed by atoms with E-state index in [0.29, 0.717) is 24.6 Å². The van der Waals surface area contributed by atoms with E-state index < -0.39 is 40.5 Å². The molecule has 1 aromatic rings. The van der Waals surface area contributed by atoms with Gasteiger partial charge in [-0.3, -0.25) is 14.3 Å². The van der Waals surface area contributed by atoms with Crippen LogP contribution in [0, 0.1) is 0 Å². The first-order valence-electron chi connectivity index (χ1n) is 8.67. The number of aromatic nitrogens is 2. The summed E-state index contributed by atoms with van der Waals surface area (Å²) >= 11 is 0. The predicted molar refractivity (Wildman–Crippen MR) is 88.4 cm³/mol. The number of amides is 3. The molecule has 13 nitrogen and oxygen atoms in total. The molecule has 0 radical (unpaired) electrons. The topological polar surface area (TPSA) is 158 Å². The van der Waals surface area contributed by atoms with Gasteiger partial charge in [0, 0.05) is 32.2 Å². The van der Waals surface area contributed by atoms with Crippen molar-refractivity contribution in [1.29, 1.82) is 0 Å². The molecule has 1 aromatic heterocycles. The minimum Gasteiger partial charge on any atom is -0.724 e. The average molecular weight is 438 g/mol. The van der Waals surface area contributed by atoms with E-state index in [2.05, 4.69) is 20.2 Å². The molecule has 1 unspecified atom stereocenters. The summed E-state index contributed by atoms with van der Waals surface area (Å²) in [5.74, 6) is -0.533. The Morgan fingerprint density at radius 2 is 2.17 bits per heavy atom. The van der Waals surface area contributed by atoms with Crippen molar-refractivity contribution in [1.82, 2.24) is 30.5 Å². The molecule has 0 spiro atoms. The molecule has 154 valence electrons. The molecule has 29 heavy (non-hydrogen) atoms. The second-order valence-electron chi connectivity index (χ2n) is 6.86. The van der Waals surface area contributed by atoms with Crippen molar-refractivity contribution in [3.05, 3.63) is 17.5 Å². The van der Waals surface area contributed by atoms with Gasteiger partial charge in [-0.05, 0) is 12.8 Å². The molecule has 2 N–H and O–H groups in total. The SMILES string of the molecule is Cn1ncc2c1CNCC2ONC(=O)[C@@H]1CC[C@@H]2CN1C(=O)N2OS(=O)(=O)[O-].[Na+]. The molecule has 2 saturated heterocycles. The second kappa shape index (κ2) is 8.47. The molecule has 4 rings (SSSR count). The Bertz CT molecular complexity index is 908. The van der Waals surface area contributed by atoms with Gasteiger partial charge in [0.2, 0.25) is 10.4 Å². The van der Waals surface area contributed by atoms with Crippen molar-refractivity contribution in [3.63, 3.8) is 0 Å². The van der Waals surface area contributed by atoms with Crippen LogP contribution in [0.2, 0.25) is 0 Å². The van der Waals surface area contributed by atoms with Gasteiger partial charge in [0.1, 0.15) is 12.1 Å². The summed E-state index contributed by atoms with van der Waals surface area (Å²) in [6.07, 6.45) is 1.84. The number of nitrogens with zero attached hydrogens (tertiary/aromatic N) is 4. The van der Waals surface area contributed by atoms with Gasteiger partial charge in [0.05, 0.1) is 17.9 Å². The van der Waals surface area contributed by atoms with Crippen LogP contribution in [0.5, 0.6) is 0 Å². The Morgan fingerprint density at radius 3 is 2.90 bits per heavy atom. The zero-order valence-electron chi connectivity index (χ0n) is 15.9. The van der Waals surface area contributed by atoms with Gasteiger partial charge in [0.15, 0.2) is 0 Å². The zero-order valence-corrected chi connectivity index (χ0v) is 18.7. The Morgan fingerprint density at radius 1 is 1.41 bits per heavy atom. The molecule has 2 fully saturated rings. The Labute approximate surface area is 188 Å². The number of rotatable bonds is 5. The molecular formula is C14H19N6NaO7S. The first-order valence-corrected chi connectivity index (χ1v) is 10.00. The fraction of sp³-hybridized carbons (Fsp3) is 0.643. The first kappa shape index (κ1) is 22.4. The van der Waals surface area contributed by atoms with Gasteiger partial charge in [-0.25, -0.2) is 18.7 Å². The number of nitrogens with one attached hydrogen (secondary N) is 2. The quantitative estimate of drug-likeness (QED) is 0.199. The zero-order chi connectivity index (χ0) is 20.1. The molecule has 0 aliphatic carbocycles. The van der Waals surface area contributed by atoms with Crippen LogP contribution in [-0.2, 0) is 37.9 Å². The molecule has 0 saturated carbocycles. The van der Waals surface area contributed by atoms with Gasteiger partial charge in [-0.1, -0.05) is 0 Å². The van der Waals surface area contributed by atoms with E-state index in [9.17, 15) is 22.6 Å². The van der Waals surface area contributed by atoms with Crippen LogP contribution < -0.4 is 40.4 Å². The molecule has 0 aromatic carbocycles. The van der Waals surface area contributed by atoms with E-state index in [1.165, 1.54) is 4.90 Å². The number of hydroxylamine groups is 3. The molecule has 3 amide bonds. The molecular weight excluding hydrogens is 419 g/mol. The third-order valence-corrected chi connectivity index (χ3v) is 5.50. The van der Waals surface area contributed by atoms with E-state index in [1.807, 2.05) is 7.05 Å². The van der Waals surface area contributed by atoms with Crippen LogP contribution in [0.15, 0.2) is 6.20 Å².